The first-order chi connectivity index (χ1) is 33.9. The number of carbonyl (C=O) groups excluding carboxylic acids is 3. The third-order valence-corrected chi connectivity index (χ3v) is 12.7. The first kappa shape index (κ1) is 56.9. The van der Waals surface area contributed by atoms with E-state index in [1.165, 1.54) is 48.8 Å². The highest BCUT2D eigenvalue weighted by atomic mass is 16.5. The zero-order chi connectivity index (χ0) is 49.0. The second kappa shape index (κ2) is 36.3. The molecule has 12 heteroatoms. The summed E-state index contributed by atoms with van der Waals surface area (Å²) in [6, 6.07) is 24.8. The van der Waals surface area contributed by atoms with E-state index in [0.717, 1.165) is 179 Å². The molecule has 0 aromatic heterocycles. The highest BCUT2D eigenvalue weighted by molar-refractivity contribution is 5.79. The van der Waals surface area contributed by atoms with Gasteiger partial charge in [0, 0.05) is 39.3 Å². The predicted octanol–water partition coefficient (Wildman–Crippen LogP) is 9.03. The Hall–Kier alpha value is -4.65. The Bertz CT molecular complexity index is 1830. The number of benzene rings is 3. The molecule has 3 aromatic carbocycles. The number of likely N-dealkylation sites (tertiary alicyclic amines) is 3. The third kappa shape index (κ3) is 25.2. The van der Waals surface area contributed by atoms with E-state index in [1.54, 1.807) is 0 Å². The molecule has 3 aliphatic rings. The quantitative estimate of drug-likeness (QED) is 0.0562. The van der Waals surface area contributed by atoms with Crippen LogP contribution in [0.5, 0.6) is 17.2 Å². The van der Waals surface area contributed by atoms with E-state index in [2.05, 4.69) is 73.1 Å². The van der Waals surface area contributed by atoms with E-state index < -0.39 is 0 Å². The van der Waals surface area contributed by atoms with Gasteiger partial charge in [0.15, 0.2) is 0 Å². The fourth-order valence-corrected chi connectivity index (χ4v) is 8.49. The normalized spacial score (nSPS) is 14.2. The molecule has 0 bridgehead atoms. The lowest BCUT2D eigenvalue weighted by atomic mass is 10.1. The van der Waals surface area contributed by atoms with Gasteiger partial charge >= 0.3 is 0 Å². The minimum Gasteiger partial charge on any atom is -0.494 e. The monoisotopic (exact) mass is 955 g/mol. The maximum absolute atomic E-state index is 11.9. The minimum absolute atomic E-state index is 0.231. The van der Waals surface area contributed by atoms with Crippen LogP contribution in [0.1, 0.15) is 134 Å². The average molecular weight is 955 g/mol. The molecule has 3 heterocycles. The van der Waals surface area contributed by atoms with Crippen LogP contribution in [0, 0.1) is 0 Å². The van der Waals surface area contributed by atoms with E-state index in [4.69, 9.17) is 14.2 Å². The van der Waals surface area contributed by atoms with E-state index in [0.29, 0.717) is 19.6 Å². The van der Waals surface area contributed by atoms with Crippen molar-refractivity contribution in [3.63, 3.8) is 0 Å². The van der Waals surface area contributed by atoms with E-state index >= 15 is 0 Å². The molecule has 3 aromatic rings. The summed E-state index contributed by atoms with van der Waals surface area (Å²) in [4.78, 5) is 41.6. The van der Waals surface area contributed by atoms with Gasteiger partial charge in [-0.3, -0.25) is 14.4 Å². The van der Waals surface area contributed by atoms with Crippen molar-refractivity contribution in [2.24, 2.45) is 0 Å². The highest BCUT2D eigenvalue weighted by Gasteiger charge is 2.19. The Kier molecular flexibility index (Phi) is 30.0. The SMILES string of the molecule is CCCCCCOc1cccc(CCNCC(=O)N2CCCC2)c1.CCCCCOc1cccc(CCNCC(=O)N2CCCC2)c1.CCCCOc1cccc(CCNCC(=O)N2CCCC2)c1. The van der Waals surface area contributed by atoms with Crippen molar-refractivity contribution in [2.75, 3.05) is 98.4 Å². The number of nitrogens with zero attached hydrogens (tertiary/aromatic N) is 3. The molecule has 6 rings (SSSR count). The van der Waals surface area contributed by atoms with Gasteiger partial charge in [-0.15, -0.1) is 0 Å². The van der Waals surface area contributed by atoms with Gasteiger partial charge in [0.25, 0.3) is 0 Å². The van der Waals surface area contributed by atoms with Gasteiger partial charge in [-0.05, 0) is 150 Å². The molecule has 0 saturated carbocycles. The predicted molar refractivity (Wildman–Crippen MR) is 282 cm³/mol. The topological polar surface area (TPSA) is 125 Å². The first-order valence-electron chi connectivity index (χ1n) is 27.0. The van der Waals surface area contributed by atoms with Crippen LogP contribution in [0.4, 0.5) is 0 Å². The van der Waals surface area contributed by atoms with E-state index in [9.17, 15) is 14.4 Å². The Labute approximate surface area is 417 Å². The Morgan fingerprint density at radius 2 is 0.725 bits per heavy atom. The Morgan fingerprint density at radius 1 is 0.420 bits per heavy atom. The van der Waals surface area contributed by atoms with Gasteiger partial charge < -0.3 is 44.9 Å². The molecule has 3 amide bonds. The van der Waals surface area contributed by atoms with Gasteiger partial charge in [-0.2, -0.15) is 0 Å². The number of rotatable bonds is 30. The maximum Gasteiger partial charge on any atom is 0.236 e. The summed E-state index contributed by atoms with van der Waals surface area (Å²) in [5.74, 6) is 3.55. The van der Waals surface area contributed by atoms with E-state index in [-0.39, 0.29) is 17.7 Å². The molecule has 3 saturated heterocycles. The van der Waals surface area contributed by atoms with Crippen LogP contribution in [0.2, 0.25) is 0 Å². The van der Waals surface area contributed by atoms with Crippen LogP contribution >= 0.6 is 0 Å². The van der Waals surface area contributed by atoms with Crippen LogP contribution < -0.4 is 30.2 Å². The molecule has 0 radical (unpaired) electrons. The average Bonchev–Trinajstić information content (AvgIpc) is 4.22. The summed E-state index contributed by atoms with van der Waals surface area (Å²) in [5, 5.41) is 9.77. The van der Waals surface area contributed by atoms with Gasteiger partial charge in [-0.1, -0.05) is 95.7 Å². The smallest absolute Gasteiger partial charge is 0.236 e. The summed E-state index contributed by atoms with van der Waals surface area (Å²) in [5.41, 5.74) is 3.75. The molecule has 384 valence electrons. The Morgan fingerprint density at radius 3 is 1.06 bits per heavy atom. The van der Waals surface area contributed by atoms with Gasteiger partial charge in [-0.25, -0.2) is 0 Å². The van der Waals surface area contributed by atoms with Crippen molar-refractivity contribution in [1.82, 2.24) is 30.7 Å². The van der Waals surface area contributed by atoms with Crippen LogP contribution in [-0.2, 0) is 33.6 Å². The molecule has 0 aliphatic carbocycles. The molecule has 3 N–H and O–H groups in total. The Balaban J connectivity index is 0.000000226. The zero-order valence-electron chi connectivity index (χ0n) is 43.1. The van der Waals surface area contributed by atoms with Gasteiger partial charge in [0.1, 0.15) is 17.2 Å². The lowest BCUT2D eigenvalue weighted by Gasteiger charge is -2.15. The number of ether oxygens (including phenoxy) is 3. The van der Waals surface area contributed by atoms with E-state index in [1.807, 2.05) is 51.1 Å². The number of hydrogen-bond donors (Lipinski definition) is 3. The molecular formula is C57H90N6O6. The second-order valence-electron chi connectivity index (χ2n) is 18.7. The fourth-order valence-electron chi connectivity index (χ4n) is 8.49. The highest BCUT2D eigenvalue weighted by Crippen LogP contribution is 2.17. The number of nitrogens with one attached hydrogen (secondary N) is 3. The lowest BCUT2D eigenvalue weighted by Crippen LogP contribution is -2.36. The largest absolute Gasteiger partial charge is 0.494 e. The molecule has 0 atom stereocenters. The van der Waals surface area contributed by atoms with Crippen molar-refractivity contribution >= 4 is 17.7 Å². The molecular weight excluding hydrogens is 865 g/mol. The molecule has 69 heavy (non-hydrogen) atoms. The summed E-state index contributed by atoms with van der Waals surface area (Å²) < 4.78 is 17.3. The number of unbranched alkanes of at least 4 members (excludes halogenated alkanes) is 6. The molecule has 3 fully saturated rings. The zero-order valence-corrected chi connectivity index (χ0v) is 43.1. The van der Waals surface area contributed by atoms with Crippen LogP contribution in [0.25, 0.3) is 0 Å². The first-order valence-corrected chi connectivity index (χ1v) is 27.0. The van der Waals surface area contributed by atoms with Crippen molar-refractivity contribution < 1.29 is 28.6 Å². The molecule has 0 unspecified atom stereocenters. The van der Waals surface area contributed by atoms with Crippen molar-refractivity contribution in [3.05, 3.63) is 89.5 Å². The number of hydrogen-bond acceptors (Lipinski definition) is 9. The molecule has 12 nitrogen and oxygen atoms in total. The number of carbonyl (C=O) groups is 3. The minimum atomic E-state index is 0.231. The second-order valence-corrected chi connectivity index (χ2v) is 18.7. The van der Waals surface area contributed by atoms with Gasteiger partial charge in [0.05, 0.1) is 39.5 Å². The van der Waals surface area contributed by atoms with Crippen molar-refractivity contribution in [3.8, 4) is 17.2 Å². The lowest BCUT2D eigenvalue weighted by molar-refractivity contribution is -0.129. The molecule has 0 spiro atoms. The fraction of sp³-hybridized carbons (Fsp3) is 0.632. The summed E-state index contributed by atoms with van der Waals surface area (Å²) >= 11 is 0. The summed E-state index contributed by atoms with van der Waals surface area (Å²) in [6.45, 7) is 18.3. The summed E-state index contributed by atoms with van der Waals surface area (Å²) in [6.07, 6.45) is 20.3. The van der Waals surface area contributed by atoms with Crippen molar-refractivity contribution in [1.29, 1.82) is 0 Å². The van der Waals surface area contributed by atoms with Gasteiger partial charge in [0.2, 0.25) is 17.7 Å². The van der Waals surface area contributed by atoms with Crippen LogP contribution in [0.3, 0.4) is 0 Å². The standard InChI is InChI=1S/C20H32N2O2.C19H30N2O2.C18H28N2O2/c1-2-3-4-7-15-24-19-10-8-9-18(16-19)11-12-21-17-20(23)22-13-5-6-14-22;1-2-3-6-14-23-18-9-7-8-17(15-18)10-11-20-16-19(22)21-12-4-5-13-21;1-2-3-13-22-17-8-6-7-16(14-17)9-10-19-15-18(21)20-11-4-5-12-20/h8-10,16,21H,2-7,11-15,17H2,1H3;7-9,15,20H,2-6,10-14,16H2,1H3;6-8,14,19H,2-5,9-13,15H2,1H3. The van der Waals surface area contributed by atoms with Crippen LogP contribution in [0.15, 0.2) is 72.8 Å². The third-order valence-electron chi connectivity index (χ3n) is 12.7. The van der Waals surface area contributed by atoms with Crippen LogP contribution in [-0.4, -0.2) is 131 Å². The summed E-state index contributed by atoms with van der Waals surface area (Å²) in [7, 11) is 0. The maximum atomic E-state index is 11.9. The number of amides is 3. The molecule has 3 aliphatic heterocycles. The van der Waals surface area contributed by atoms with Crippen molar-refractivity contribution in [2.45, 2.75) is 136 Å².